The molecule has 0 saturated heterocycles. The maximum absolute atomic E-state index is 15.4. The molecule has 0 bridgehead atoms. The normalized spacial score (nSPS) is 11.4. The van der Waals surface area contributed by atoms with Crippen LogP contribution in [0.2, 0.25) is 0 Å². The Morgan fingerprint density at radius 3 is 0.867 bits per heavy atom. The van der Waals surface area contributed by atoms with Crippen LogP contribution >= 0.6 is 0 Å². The van der Waals surface area contributed by atoms with Gasteiger partial charge in [0, 0.05) is 17.7 Å². The molecule has 0 atom stereocenters. The van der Waals surface area contributed by atoms with Crippen molar-refractivity contribution in [2.75, 3.05) is 0 Å². The number of nitriles is 1. The lowest BCUT2D eigenvalue weighted by atomic mass is 9.12. The third-order valence-electron chi connectivity index (χ3n) is 8.98. The Morgan fingerprint density at radius 1 is 0.350 bits per heavy atom. The number of nitrogens with zero attached hydrogens (tertiary/aromatic N) is 2. The lowest BCUT2D eigenvalue weighted by Gasteiger charge is -2.44. The van der Waals surface area contributed by atoms with Crippen LogP contribution in [0, 0.1) is 128 Å². The molecule has 1 heterocycles. The molecule has 23 heteroatoms. The molecule has 0 unspecified atom stereocenters. The zero-order valence-corrected chi connectivity index (χ0v) is 28.4. The molecule has 0 radical (unpaired) electrons. The summed E-state index contributed by atoms with van der Waals surface area (Å²) in [4.78, 5) is 0. The standard InChI is InChI=1S/C24BF20.C13H11N2/c26-5-1(6(27)14(35)21(42)13(5)34)25(2-7(28)15(36)22(43)16(37)8(2)29,3-9(30)17(38)23(44)18(39)10(3)31)4-11(32)19(40)24(45)20(41)12(4)33;14-10-12-6-2-3-7-13(12)11-15-8-4-1-5-9-15/h;1-9H,11H2/q-1;+1. The van der Waals surface area contributed by atoms with E-state index in [0.29, 0.717) is 0 Å². The first-order chi connectivity index (χ1) is 28.1. The summed E-state index contributed by atoms with van der Waals surface area (Å²) in [5.74, 6) is -71.4. The smallest absolute Gasteiger partial charge is 0.200 e. The van der Waals surface area contributed by atoms with Crippen LogP contribution in [0.15, 0.2) is 54.9 Å². The Balaban J connectivity index is 0.000000379. The quantitative estimate of drug-likeness (QED) is 0.0554. The minimum atomic E-state index is -7.22. The average Bonchev–Trinajstić information content (AvgIpc) is 3.24. The summed E-state index contributed by atoms with van der Waals surface area (Å²) in [6.45, 7) is 0.741. The van der Waals surface area contributed by atoms with Gasteiger partial charge in [0.25, 0.3) is 0 Å². The molecule has 0 aliphatic rings. The second-order valence-electron chi connectivity index (χ2n) is 12.1. The van der Waals surface area contributed by atoms with Gasteiger partial charge in [-0.25, -0.2) is 92.4 Å². The fraction of sp³-hybridized carbons (Fsp3) is 0.0270. The Bertz CT molecular complexity index is 2370. The zero-order chi connectivity index (χ0) is 44.9. The van der Waals surface area contributed by atoms with Crippen molar-refractivity contribution in [1.29, 1.82) is 5.26 Å². The van der Waals surface area contributed by atoms with Crippen molar-refractivity contribution < 1.29 is 92.4 Å². The van der Waals surface area contributed by atoms with Crippen LogP contribution < -0.4 is 26.4 Å². The van der Waals surface area contributed by atoms with E-state index in [4.69, 9.17) is 5.26 Å². The van der Waals surface area contributed by atoms with Gasteiger partial charge < -0.3 is 0 Å². The number of halogens is 20. The predicted molar refractivity (Wildman–Crippen MR) is 166 cm³/mol. The lowest BCUT2D eigenvalue weighted by molar-refractivity contribution is -0.688. The number of aromatic nitrogens is 1. The van der Waals surface area contributed by atoms with Gasteiger partial charge in [0.05, 0.1) is 11.6 Å². The molecule has 0 saturated carbocycles. The summed E-state index contributed by atoms with van der Waals surface area (Å²) >= 11 is 0. The average molecular weight is 874 g/mol. The first-order valence-electron chi connectivity index (χ1n) is 15.8. The molecule has 0 spiro atoms. The summed E-state index contributed by atoms with van der Waals surface area (Å²) in [5, 5.41) is 8.94. The third kappa shape index (κ3) is 6.82. The Morgan fingerprint density at radius 2 is 0.600 bits per heavy atom. The maximum Gasteiger partial charge on any atom is 0.200 e. The van der Waals surface area contributed by atoms with Gasteiger partial charge in [0.1, 0.15) is 52.7 Å². The van der Waals surface area contributed by atoms with Crippen molar-refractivity contribution in [1.82, 2.24) is 0 Å². The molecule has 0 fully saturated rings. The molecule has 0 aliphatic carbocycles. The van der Waals surface area contributed by atoms with Gasteiger partial charge in [-0.1, -0.05) is 24.3 Å². The minimum Gasteiger partial charge on any atom is -0.207 e. The molecule has 0 amide bonds. The van der Waals surface area contributed by atoms with E-state index in [2.05, 4.69) is 10.6 Å². The molecule has 5 aromatic carbocycles. The fourth-order valence-corrected chi connectivity index (χ4v) is 6.38. The molecule has 0 aliphatic heterocycles. The van der Waals surface area contributed by atoms with E-state index in [9.17, 15) is 52.7 Å². The zero-order valence-electron chi connectivity index (χ0n) is 28.4. The van der Waals surface area contributed by atoms with Crippen LogP contribution in [0.1, 0.15) is 11.1 Å². The van der Waals surface area contributed by atoms with E-state index in [0.717, 1.165) is 17.7 Å². The van der Waals surface area contributed by atoms with Gasteiger partial charge in [0.2, 0.25) is 0 Å². The van der Waals surface area contributed by atoms with Gasteiger partial charge >= 0.3 is 0 Å². The van der Waals surface area contributed by atoms with Crippen molar-refractivity contribution in [2.24, 2.45) is 0 Å². The molecular weight excluding hydrogens is 863 g/mol. The molecule has 1 aromatic heterocycles. The van der Waals surface area contributed by atoms with Gasteiger partial charge in [-0.2, -0.15) is 5.26 Å². The fourth-order valence-electron chi connectivity index (χ4n) is 6.38. The Kier molecular flexibility index (Phi) is 12.3. The maximum atomic E-state index is 15.4. The lowest BCUT2D eigenvalue weighted by Crippen LogP contribution is -2.81. The first kappa shape index (κ1) is 44.5. The van der Waals surface area contributed by atoms with E-state index in [1.165, 1.54) is 0 Å². The molecule has 6 rings (SSSR count). The Hall–Kier alpha value is -6.60. The van der Waals surface area contributed by atoms with Crippen LogP contribution in [0.5, 0.6) is 0 Å². The van der Waals surface area contributed by atoms with Crippen LogP contribution in [0.4, 0.5) is 87.8 Å². The number of benzene rings is 5. The predicted octanol–water partition coefficient (Wildman–Crippen LogP) is 7.74. The summed E-state index contributed by atoms with van der Waals surface area (Å²) in [7, 11) is 0. The van der Waals surface area contributed by atoms with Gasteiger partial charge in [0.15, 0.2) is 88.7 Å². The van der Waals surface area contributed by atoms with Crippen molar-refractivity contribution >= 4 is 28.0 Å². The van der Waals surface area contributed by atoms with Crippen LogP contribution in [0.25, 0.3) is 0 Å². The highest BCUT2D eigenvalue weighted by atomic mass is 19.2. The molecule has 2 nitrogen and oxygen atoms in total. The monoisotopic (exact) mass is 874 g/mol. The molecule has 6 aromatic rings. The number of pyridine rings is 1. The molecule has 0 N–H and O–H groups in total. The SMILES string of the molecule is Fc1c(F)c(F)c([B-](c2c(F)c(F)c(F)c(F)c2F)(c2c(F)c(F)c(F)c(F)c2F)c2c(F)c(F)c(F)c(F)c2F)c(F)c1F.N#Cc1ccccc1C[n+]1ccccc1. The number of hydrogen-bond acceptors (Lipinski definition) is 1. The highest BCUT2D eigenvalue weighted by Gasteiger charge is 2.52. The number of rotatable bonds is 6. The van der Waals surface area contributed by atoms with Crippen molar-refractivity contribution in [3.63, 3.8) is 0 Å². The third-order valence-corrected chi connectivity index (χ3v) is 8.98. The Labute approximate surface area is 320 Å². The topological polar surface area (TPSA) is 27.7 Å². The summed E-state index contributed by atoms with van der Waals surface area (Å²) < 4.78 is 296. The van der Waals surface area contributed by atoms with Crippen LogP contribution in [0.3, 0.4) is 0 Å². The van der Waals surface area contributed by atoms with Gasteiger partial charge in [-0.3, -0.25) is 0 Å². The van der Waals surface area contributed by atoms with E-state index >= 15 is 35.1 Å². The largest absolute Gasteiger partial charge is 0.207 e. The van der Waals surface area contributed by atoms with Crippen LogP contribution in [-0.2, 0) is 6.54 Å². The molecular formula is C37H11BF20N2. The highest BCUT2D eigenvalue weighted by molar-refractivity contribution is 7.20. The van der Waals surface area contributed by atoms with E-state index in [1.54, 1.807) is 0 Å². The van der Waals surface area contributed by atoms with Gasteiger partial charge in [-0.05, 0) is 6.07 Å². The highest BCUT2D eigenvalue weighted by Crippen LogP contribution is 2.30. The summed E-state index contributed by atoms with van der Waals surface area (Å²) in [6, 6.07) is 15.8. The van der Waals surface area contributed by atoms with Crippen molar-refractivity contribution in [3.05, 3.63) is 182 Å². The van der Waals surface area contributed by atoms with Crippen molar-refractivity contribution in [3.8, 4) is 6.07 Å². The number of hydrogen-bond donors (Lipinski definition) is 0. The van der Waals surface area contributed by atoms with E-state index in [-0.39, 0.29) is 0 Å². The van der Waals surface area contributed by atoms with E-state index in [1.807, 2.05) is 54.9 Å². The summed E-state index contributed by atoms with van der Waals surface area (Å²) in [6.07, 6.45) is -3.23. The summed E-state index contributed by atoms with van der Waals surface area (Å²) in [5.41, 5.74) is -12.5. The molecule has 312 valence electrons. The van der Waals surface area contributed by atoms with E-state index < -0.39 is 144 Å². The molecule has 60 heavy (non-hydrogen) atoms. The van der Waals surface area contributed by atoms with Gasteiger partial charge in [-0.15, -0.1) is 21.9 Å². The second-order valence-corrected chi connectivity index (χ2v) is 12.1. The second kappa shape index (κ2) is 16.6. The minimum absolute atomic E-state index is 0.741. The van der Waals surface area contributed by atoms with Crippen LogP contribution in [-0.4, -0.2) is 6.15 Å². The van der Waals surface area contributed by atoms with Crippen molar-refractivity contribution in [2.45, 2.75) is 6.54 Å². The first-order valence-corrected chi connectivity index (χ1v) is 15.8.